The Labute approximate surface area is 64.4 Å². The van der Waals surface area contributed by atoms with Crippen LogP contribution >= 0.6 is 0 Å². The van der Waals surface area contributed by atoms with Crippen LogP contribution in [0.1, 0.15) is 13.8 Å². The molecule has 0 aliphatic carbocycles. The quantitative estimate of drug-likeness (QED) is 0.504. The van der Waals surface area contributed by atoms with Crippen LogP contribution in [0, 0.1) is 0 Å². The first-order valence-corrected chi connectivity index (χ1v) is 6.93. The van der Waals surface area contributed by atoms with Crippen molar-refractivity contribution in [1.29, 1.82) is 0 Å². The van der Waals surface area contributed by atoms with E-state index in [0.29, 0.717) is 0 Å². The second-order valence-corrected chi connectivity index (χ2v) is 7.72. The Morgan fingerprint density at radius 3 is 2.20 bits per heavy atom. The van der Waals surface area contributed by atoms with Gasteiger partial charge in [-0.05, 0) is 33.5 Å². The van der Waals surface area contributed by atoms with E-state index in [2.05, 4.69) is 25.1 Å². The van der Waals surface area contributed by atoms with E-state index in [0.717, 1.165) is 5.70 Å². The first-order valence-electron chi connectivity index (χ1n) is 3.52. The number of hydrogen-bond donors (Lipinski definition) is 1. The minimum absolute atomic E-state index is 1.07. The molecule has 0 fully saturated rings. The molecule has 0 rings (SSSR count). The van der Waals surface area contributed by atoms with Crippen LogP contribution in [0.5, 0.6) is 0 Å². The molecule has 0 unspecified atom stereocenters. The molecule has 0 spiro atoms. The average Bonchev–Trinajstić information content (AvgIpc) is 1.81. The molecule has 3 heteroatoms. The highest BCUT2D eigenvalue weighted by Crippen LogP contribution is 2.00. The van der Waals surface area contributed by atoms with Crippen LogP contribution in [0.2, 0.25) is 19.6 Å². The van der Waals surface area contributed by atoms with Gasteiger partial charge >= 0.3 is 0 Å². The normalized spacial score (nSPS) is 13.5. The molecule has 0 bridgehead atoms. The fourth-order valence-corrected chi connectivity index (χ4v) is 0.760. The number of hydrogen-bond acceptors (Lipinski definition) is 2. The molecule has 0 aromatic rings. The Balaban J connectivity index is 3.56. The highest BCUT2D eigenvalue weighted by atomic mass is 28.4. The molecule has 60 valence electrons. The van der Waals surface area contributed by atoms with Gasteiger partial charge in [-0.15, -0.1) is 0 Å². The van der Waals surface area contributed by atoms with Gasteiger partial charge < -0.3 is 4.53 Å². The third-order valence-corrected chi connectivity index (χ3v) is 1.67. The van der Waals surface area contributed by atoms with Gasteiger partial charge in [-0.2, -0.15) is 0 Å². The monoisotopic (exact) mass is 159 g/mol. The fraction of sp³-hybridized carbons (Fsp3) is 0.714. The van der Waals surface area contributed by atoms with Crippen molar-refractivity contribution in [3.8, 4) is 0 Å². The van der Waals surface area contributed by atoms with E-state index in [1.54, 1.807) is 0 Å². The lowest BCUT2D eigenvalue weighted by atomic mass is 10.5. The van der Waals surface area contributed by atoms with Crippen LogP contribution in [0.3, 0.4) is 0 Å². The molecule has 0 saturated carbocycles. The molecule has 0 aromatic heterocycles. The number of nitrogens with one attached hydrogen (secondary N) is 1. The summed E-state index contributed by atoms with van der Waals surface area (Å²) < 4.78 is 5.40. The molecule has 0 aliphatic heterocycles. The van der Waals surface area contributed by atoms with Crippen molar-refractivity contribution < 1.29 is 4.53 Å². The molecule has 2 nitrogen and oxygen atoms in total. The van der Waals surface area contributed by atoms with Gasteiger partial charge in [-0.1, -0.05) is 6.08 Å². The highest BCUT2D eigenvalue weighted by Gasteiger charge is 2.14. The maximum atomic E-state index is 5.40. The van der Waals surface area contributed by atoms with E-state index >= 15 is 0 Å². The van der Waals surface area contributed by atoms with Crippen LogP contribution in [0.4, 0.5) is 0 Å². The van der Waals surface area contributed by atoms with Gasteiger partial charge in [0.1, 0.15) is 0 Å². The van der Waals surface area contributed by atoms with Crippen molar-refractivity contribution in [3.05, 3.63) is 11.8 Å². The predicted octanol–water partition coefficient (Wildman–Crippen LogP) is 2.27. The topological polar surface area (TPSA) is 21.3 Å². The van der Waals surface area contributed by atoms with E-state index in [-0.39, 0.29) is 0 Å². The zero-order chi connectivity index (χ0) is 8.20. The maximum absolute atomic E-state index is 5.40. The largest absolute Gasteiger partial charge is 0.323 e. The third-order valence-electron chi connectivity index (χ3n) is 0.951. The zero-order valence-electron chi connectivity index (χ0n) is 7.49. The van der Waals surface area contributed by atoms with Gasteiger partial charge in [0.2, 0.25) is 8.32 Å². The summed E-state index contributed by atoms with van der Waals surface area (Å²) in [7, 11) is -1.39. The van der Waals surface area contributed by atoms with Gasteiger partial charge in [-0.3, -0.25) is 5.48 Å². The van der Waals surface area contributed by atoms with Crippen LogP contribution in [-0.2, 0) is 4.53 Å². The lowest BCUT2D eigenvalue weighted by molar-refractivity contribution is 0.221. The minimum atomic E-state index is -1.39. The smallest absolute Gasteiger partial charge is 0.220 e. The number of hydroxylamine groups is 1. The zero-order valence-corrected chi connectivity index (χ0v) is 8.49. The first-order chi connectivity index (χ1) is 4.45. The lowest BCUT2D eigenvalue weighted by Crippen LogP contribution is -2.32. The van der Waals surface area contributed by atoms with E-state index in [9.17, 15) is 0 Å². The molecule has 0 saturated heterocycles. The second-order valence-electron chi connectivity index (χ2n) is 3.29. The maximum Gasteiger partial charge on any atom is 0.220 e. The molecule has 1 N–H and O–H groups in total. The molecular weight excluding hydrogens is 142 g/mol. The summed E-state index contributed by atoms with van der Waals surface area (Å²) in [6.45, 7) is 10.4. The Morgan fingerprint density at radius 2 is 1.90 bits per heavy atom. The molecular formula is C7H17NOSi. The summed E-state index contributed by atoms with van der Waals surface area (Å²) in [5, 5.41) is 0. The lowest BCUT2D eigenvalue weighted by Gasteiger charge is -2.17. The standard InChI is InChI=1S/C7H17NOSi/c1-6-7(2)8-9-10(3,4)5/h6,8H,1-5H3. The predicted molar refractivity (Wildman–Crippen MR) is 47.0 cm³/mol. The first kappa shape index (κ1) is 9.72. The Morgan fingerprint density at radius 1 is 1.40 bits per heavy atom. The fourth-order valence-electron chi connectivity index (χ4n) is 0.293. The van der Waals surface area contributed by atoms with Gasteiger partial charge in [-0.25, -0.2) is 0 Å². The van der Waals surface area contributed by atoms with Crippen LogP contribution in [0.15, 0.2) is 11.8 Å². The Bertz CT molecular complexity index is 126. The molecule has 0 atom stereocenters. The summed E-state index contributed by atoms with van der Waals surface area (Å²) in [6.07, 6.45) is 1.99. The van der Waals surface area contributed by atoms with E-state index < -0.39 is 8.32 Å². The highest BCUT2D eigenvalue weighted by molar-refractivity contribution is 6.69. The molecule has 0 radical (unpaired) electrons. The van der Waals surface area contributed by atoms with Crippen molar-refractivity contribution >= 4 is 8.32 Å². The molecule has 0 amide bonds. The summed E-state index contributed by atoms with van der Waals surface area (Å²) in [4.78, 5) is 0. The van der Waals surface area contributed by atoms with Gasteiger partial charge in [0.25, 0.3) is 0 Å². The van der Waals surface area contributed by atoms with Crippen LogP contribution < -0.4 is 5.48 Å². The van der Waals surface area contributed by atoms with E-state index in [4.69, 9.17) is 4.53 Å². The van der Waals surface area contributed by atoms with Crippen molar-refractivity contribution in [3.63, 3.8) is 0 Å². The third kappa shape index (κ3) is 5.85. The summed E-state index contributed by atoms with van der Waals surface area (Å²) in [5.74, 6) is 0. The summed E-state index contributed by atoms with van der Waals surface area (Å²) in [5.41, 5.74) is 3.97. The number of allylic oxidation sites excluding steroid dienone is 2. The average molecular weight is 159 g/mol. The summed E-state index contributed by atoms with van der Waals surface area (Å²) in [6, 6.07) is 0. The van der Waals surface area contributed by atoms with Crippen molar-refractivity contribution in [2.24, 2.45) is 0 Å². The van der Waals surface area contributed by atoms with Crippen molar-refractivity contribution in [2.45, 2.75) is 33.5 Å². The summed E-state index contributed by atoms with van der Waals surface area (Å²) >= 11 is 0. The molecule has 10 heavy (non-hydrogen) atoms. The minimum Gasteiger partial charge on any atom is -0.323 e. The van der Waals surface area contributed by atoms with E-state index in [1.807, 2.05) is 19.9 Å². The Hall–Kier alpha value is -0.283. The molecule has 0 aliphatic rings. The van der Waals surface area contributed by atoms with E-state index in [1.165, 1.54) is 0 Å². The van der Waals surface area contributed by atoms with Gasteiger partial charge in [0.15, 0.2) is 0 Å². The van der Waals surface area contributed by atoms with Crippen LogP contribution in [0.25, 0.3) is 0 Å². The molecule has 0 heterocycles. The second kappa shape index (κ2) is 3.78. The molecule has 0 aromatic carbocycles. The van der Waals surface area contributed by atoms with Crippen LogP contribution in [-0.4, -0.2) is 8.32 Å². The van der Waals surface area contributed by atoms with Gasteiger partial charge in [0, 0.05) is 5.70 Å². The number of rotatable bonds is 3. The van der Waals surface area contributed by atoms with Crippen molar-refractivity contribution in [2.75, 3.05) is 0 Å². The Kier molecular flexibility index (Phi) is 3.67. The van der Waals surface area contributed by atoms with Crippen molar-refractivity contribution in [1.82, 2.24) is 5.48 Å². The SMILES string of the molecule is CC=C(C)NO[Si](C)(C)C. The van der Waals surface area contributed by atoms with Gasteiger partial charge in [0.05, 0.1) is 0 Å².